The first kappa shape index (κ1) is 36.5. The van der Waals surface area contributed by atoms with Crippen LogP contribution in [0.2, 0.25) is 0 Å². The lowest BCUT2D eigenvalue weighted by molar-refractivity contribution is -0.161. The van der Waals surface area contributed by atoms with Gasteiger partial charge in [0, 0.05) is 12.8 Å². The summed E-state index contributed by atoms with van der Waals surface area (Å²) in [5.41, 5.74) is 5.26. The molecule has 0 saturated carbocycles. The van der Waals surface area contributed by atoms with Gasteiger partial charge in [-0.3, -0.25) is 23.4 Å². The zero-order chi connectivity index (χ0) is 28.7. The summed E-state index contributed by atoms with van der Waals surface area (Å²) in [5, 5.41) is 8.76. The van der Waals surface area contributed by atoms with Crippen LogP contribution in [-0.2, 0) is 37.5 Å². The summed E-state index contributed by atoms with van der Waals surface area (Å²) in [6.07, 6.45) is 13.8. The normalized spacial score (nSPS) is 14.4. The van der Waals surface area contributed by atoms with Crippen molar-refractivity contribution in [2.75, 3.05) is 19.8 Å². The van der Waals surface area contributed by atoms with Gasteiger partial charge in [0.15, 0.2) is 6.10 Å². The van der Waals surface area contributed by atoms with Crippen molar-refractivity contribution in [1.82, 2.24) is 0 Å². The Kier molecular flexibility index (Phi) is 22.4. The number of carbonyl (C=O) groups is 3. The highest BCUT2D eigenvalue weighted by molar-refractivity contribution is 7.47. The molecule has 12 heteroatoms. The van der Waals surface area contributed by atoms with Crippen LogP contribution in [0.25, 0.3) is 0 Å². The third-order valence-electron chi connectivity index (χ3n) is 5.86. The minimum atomic E-state index is -4.68. The van der Waals surface area contributed by atoms with Gasteiger partial charge in [0.1, 0.15) is 12.6 Å². The van der Waals surface area contributed by atoms with Crippen LogP contribution in [0, 0.1) is 0 Å². The molecule has 0 fully saturated rings. The lowest BCUT2D eigenvalue weighted by atomic mass is 10.1. The Balaban J connectivity index is 4.61. The topological polar surface area (TPSA) is 172 Å². The van der Waals surface area contributed by atoms with Crippen LogP contribution in [-0.4, -0.2) is 59.9 Å². The molecule has 0 aromatic carbocycles. The summed E-state index contributed by atoms with van der Waals surface area (Å²) in [6, 6.07) is -1.51. The molecule has 0 aromatic heterocycles. The van der Waals surface area contributed by atoms with E-state index in [1.165, 1.54) is 32.1 Å². The van der Waals surface area contributed by atoms with Crippen molar-refractivity contribution in [1.29, 1.82) is 0 Å². The third kappa shape index (κ3) is 22.5. The van der Waals surface area contributed by atoms with E-state index in [0.717, 1.165) is 44.9 Å². The number of carboxylic acids is 1. The molecule has 11 nitrogen and oxygen atoms in total. The van der Waals surface area contributed by atoms with Gasteiger partial charge in [0.25, 0.3) is 0 Å². The number of phosphoric acid groups is 1. The Labute approximate surface area is 227 Å². The minimum Gasteiger partial charge on any atom is -0.480 e. The van der Waals surface area contributed by atoms with Gasteiger partial charge in [-0.05, 0) is 12.8 Å². The van der Waals surface area contributed by atoms with Crippen molar-refractivity contribution in [3.05, 3.63) is 0 Å². The molecule has 0 spiro atoms. The van der Waals surface area contributed by atoms with E-state index in [1.54, 1.807) is 0 Å². The maximum Gasteiger partial charge on any atom is 0.472 e. The second-order valence-electron chi connectivity index (χ2n) is 9.54. The fraction of sp³-hybridized carbons (Fsp3) is 0.885. The Morgan fingerprint density at radius 2 is 1.16 bits per heavy atom. The van der Waals surface area contributed by atoms with Gasteiger partial charge in [0.2, 0.25) is 0 Å². The Bertz CT molecular complexity index is 691. The molecule has 4 N–H and O–H groups in total. The summed E-state index contributed by atoms with van der Waals surface area (Å²) < 4.78 is 32.1. The summed E-state index contributed by atoms with van der Waals surface area (Å²) in [6.45, 7) is 2.63. The average molecular weight is 568 g/mol. The molecule has 0 aliphatic heterocycles. The van der Waals surface area contributed by atoms with E-state index in [4.69, 9.17) is 24.8 Å². The summed E-state index contributed by atoms with van der Waals surface area (Å²) in [4.78, 5) is 45.0. The molecule has 0 aliphatic rings. The number of aliphatic carboxylic acids is 1. The van der Waals surface area contributed by atoms with Gasteiger partial charge in [-0.15, -0.1) is 0 Å². The van der Waals surface area contributed by atoms with Crippen molar-refractivity contribution in [3.8, 4) is 0 Å². The molecule has 0 bridgehead atoms. The number of carbonyl (C=O) groups excluding carboxylic acids is 2. The van der Waals surface area contributed by atoms with Crippen molar-refractivity contribution < 1.29 is 47.5 Å². The molecule has 2 unspecified atom stereocenters. The molecule has 0 rings (SSSR count). The first-order valence-electron chi connectivity index (χ1n) is 14.1. The predicted molar refractivity (Wildman–Crippen MR) is 143 cm³/mol. The van der Waals surface area contributed by atoms with Gasteiger partial charge in [0.05, 0.1) is 13.2 Å². The fourth-order valence-corrected chi connectivity index (χ4v) is 4.31. The van der Waals surface area contributed by atoms with E-state index in [9.17, 15) is 23.8 Å². The minimum absolute atomic E-state index is 0.164. The smallest absolute Gasteiger partial charge is 0.472 e. The van der Waals surface area contributed by atoms with E-state index in [-0.39, 0.29) is 19.4 Å². The molecule has 38 heavy (non-hydrogen) atoms. The van der Waals surface area contributed by atoms with Crippen molar-refractivity contribution >= 4 is 25.7 Å². The number of hydrogen-bond acceptors (Lipinski definition) is 9. The van der Waals surface area contributed by atoms with E-state index in [0.29, 0.717) is 12.8 Å². The Morgan fingerprint density at radius 1 is 0.711 bits per heavy atom. The van der Waals surface area contributed by atoms with E-state index in [2.05, 4.69) is 18.4 Å². The molecule has 0 radical (unpaired) electrons. The molecule has 0 heterocycles. The van der Waals surface area contributed by atoms with Crippen LogP contribution in [0.15, 0.2) is 0 Å². The van der Waals surface area contributed by atoms with E-state index in [1.807, 2.05) is 0 Å². The quantitative estimate of drug-likeness (QED) is 0.0706. The number of esters is 2. The SMILES string of the molecule is CCCCCCCCCC(=O)OC[C@H](COP(=O)(O)OCC(N)C(=O)O)OC(=O)CCCCCCCCC. The predicted octanol–water partition coefficient (Wildman–Crippen LogP) is 5.27. The second-order valence-corrected chi connectivity index (χ2v) is 11.0. The largest absolute Gasteiger partial charge is 0.480 e. The number of rotatable bonds is 26. The molecule has 3 atom stereocenters. The highest BCUT2D eigenvalue weighted by Crippen LogP contribution is 2.43. The summed E-state index contributed by atoms with van der Waals surface area (Å²) >= 11 is 0. The van der Waals surface area contributed by atoms with Crippen LogP contribution in [0.3, 0.4) is 0 Å². The van der Waals surface area contributed by atoms with Crippen LogP contribution < -0.4 is 5.73 Å². The monoisotopic (exact) mass is 567 g/mol. The summed E-state index contributed by atoms with van der Waals surface area (Å²) in [7, 11) is -4.68. The van der Waals surface area contributed by atoms with Crippen molar-refractivity contribution in [2.45, 2.75) is 129 Å². The maximum atomic E-state index is 12.3. The highest BCUT2D eigenvalue weighted by Gasteiger charge is 2.28. The van der Waals surface area contributed by atoms with Crippen molar-refractivity contribution in [3.63, 3.8) is 0 Å². The van der Waals surface area contributed by atoms with Crippen LogP contribution in [0.1, 0.15) is 117 Å². The average Bonchev–Trinajstić information content (AvgIpc) is 2.87. The van der Waals surface area contributed by atoms with E-state index >= 15 is 0 Å². The zero-order valence-electron chi connectivity index (χ0n) is 23.3. The first-order chi connectivity index (χ1) is 18.1. The molecular weight excluding hydrogens is 517 g/mol. The van der Waals surface area contributed by atoms with Crippen LogP contribution >= 0.6 is 7.82 Å². The number of unbranched alkanes of at least 4 members (excludes halogenated alkanes) is 12. The Morgan fingerprint density at radius 3 is 1.66 bits per heavy atom. The standard InChI is InChI=1S/C26H50NO10P/c1-3-5-7-9-11-13-15-17-24(28)34-19-22(20-35-38(32,33)36-21-23(27)26(30)31)37-25(29)18-16-14-12-10-8-6-4-2/h22-23H,3-21,27H2,1-2H3,(H,30,31)(H,32,33)/t22-,23?/m1/s1. The van der Waals surface area contributed by atoms with Gasteiger partial charge in [-0.1, -0.05) is 90.9 Å². The number of phosphoric ester groups is 1. The third-order valence-corrected chi connectivity index (χ3v) is 6.81. The van der Waals surface area contributed by atoms with Crippen molar-refractivity contribution in [2.24, 2.45) is 5.73 Å². The maximum absolute atomic E-state index is 12.3. The number of nitrogens with two attached hydrogens (primary N) is 1. The van der Waals surface area contributed by atoms with Gasteiger partial charge < -0.3 is 25.2 Å². The van der Waals surface area contributed by atoms with Gasteiger partial charge in [-0.2, -0.15) is 0 Å². The lowest BCUT2D eigenvalue weighted by Crippen LogP contribution is -2.34. The molecule has 0 amide bonds. The number of hydrogen-bond donors (Lipinski definition) is 3. The van der Waals surface area contributed by atoms with E-state index < -0.39 is 51.1 Å². The van der Waals surface area contributed by atoms with Crippen LogP contribution in [0.5, 0.6) is 0 Å². The summed E-state index contributed by atoms with van der Waals surface area (Å²) in [5.74, 6) is -2.39. The number of carboxylic acid groups (broad SMARTS) is 1. The highest BCUT2D eigenvalue weighted by atomic mass is 31.2. The van der Waals surface area contributed by atoms with Gasteiger partial charge >= 0.3 is 25.7 Å². The number of ether oxygens (including phenoxy) is 2. The fourth-order valence-electron chi connectivity index (χ4n) is 3.53. The van der Waals surface area contributed by atoms with Crippen LogP contribution in [0.4, 0.5) is 0 Å². The molecular formula is C26H50NO10P. The molecule has 0 aliphatic carbocycles. The second kappa shape index (κ2) is 23.4. The lowest BCUT2D eigenvalue weighted by Gasteiger charge is -2.20. The first-order valence-corrected chi connectivity index (χ1v) is 15.6. The molecule has 0 saturated heterocycles. The molecule has 0 aromatic rings. The van der Waals surface area contributed by atoms with Gasteiger partial charge in [-0.25, -0.2) is 4.57 Å². The molecule has 224 valence electrons. The Hall–Kier alpha value is -1.52. The zero-order valence-corrected chi connectivity index (χ0v) is 24.2.